The summed E-state index contributed by atoms with van der Waals surface area (Å²) in [6.07, 6.45) is 4.87. The van der Waals surface area contributed by atoms with Gasteiger partial charge in [-0.25, -0.2) is 8.42 Å². The second kappa shape index (κ2) is 7.98. The molecule has 3 fully saturated rings. The van der Waals surface area contributed by atoms with Gasteiger partial charge in [-0.15, -0.1) is 0 Å². The molecule has 3 aliphatic rings. The second-order valence-electron chi connectivity index (χ2n) is 8.89. The highest BCUT2D eigenvalue weighted by Crippen LogP contribution is 2.42. The molecule has 2 heterocycles. The van der Waals surface area contributed by atoms with Gasteiger partial charge in [-0.1, -0.05) is 30.3 Å². The van der Waals surface area contributed by atoms with Crippen molar-refractivity contribution in [1.29, 1.82) is 0 Å². The molecule has 2 atom stereocenters. The molecule has 2 N–H and O–H groups in total. The number of nitrogens with one attached hydrogen (secondary N) is 2. The maximum absolute atomic E-state index is 12.1. The molecular formula is C21H32N4O3S. The summed E-state index contributed by atoms with van der Waals surface area (Å²) in [7, 11) is -1.57. The molecule has 0 spiro atoms. The van der Waals surface area contributed by atoms with E-state index in [-0.39, 0.29) is 11.4 Å². The van der Waals surface area contributed by atoms with Crippen LogP contribution < -0.4 is 10.6 Å². The first-order valence-electron chi connectivity index (χ1n) is 10.5. The smallest absolute Gasteiger partial charge is 0.221 e. The van der Waals surface area contributed by atoms with Crippen molar-refractivity contribution in [2.45, 2.75) is 49.2 Å². The molecular weight excluding hydrogens is 388 g/mol. The van der Waals surface area contributed by atoms with Gasteiger partial charge in [0.25, 0.3) is 0 Å². The zero-order valence-electron chi connectivity index (χ0n) is 17.3. The molecule has 0 bridgehead atoms. The first-order chi connectivity index (χ1) is 13.8. The minimum absolute atomic E-state index is 0.0258. The van der Waals surface area contributed by atoms with Crippen LogP contribution in [0.3, 0.4) is 0 Å². The Morgan fingerprint density at radius 2 is 1.83 bits per heavy atom. The van der Waals surface area contributed by atoms with Gasteiger partial charge in [-0.3, -0.25) is 9.69 Å². The molecule has 1 aliphatic carbocycles. The topological polar surface area (TPSA) is 81.8 Å². The summed E-state index contributed by atoms with van der Waals surface area (Å²) in [5, 5.41) is 6.52. The Kier molecular flexibility index (Phi) is 5.72. The molecule has 4 rings (SSSR count). The lowest BCUT2D eigenvalue weighted by Gasteiger charge is -2.56. The third kappa shape index (κ3) is 4.50. The number of hydrogen-bond acceptors (Lipinski definition) is 5. The van der Waals surface area contributed by atoms with Crippen molar-refractivity contribution < 1.29 is 13.2 Å². The number of hydrogen-bond donors (Lipinski definition) is 2. The highest BCUT2D eigenvalue weighted by molar-refractivity contribution is 7.88. The first kappa shape index (κ1) is 20.8. The van der Waals surface area contributed by atoms with Crippen LogP contribution in [0.1, 0.15) is 37.2 Å². The molecule has 0 aromatic heterocycles. The molecule has 0 radical (unpaired) electrons. The Morgan fingerprint density at radius 3 is 2.41 bits per heavy atom. The van der Waals surface area contributed by atoms with E-state index in [1.165, 1.54) is 22.5 Å². The molecule has 1 unspecified atom stereocenters. The lowest BCUT2D eigenvalue weighted by molar-refractivity contribution is -0.127. The van der Waals surface area contributed by atoms with Gasteiger partial charge in [0, 0.05) is 57.6 Å². The van der Waals surface area contributed by atoms with Gasteiger partial charge in [0.2, 0.25) is 15.9 Å². The predicted octanol–water partition coefficient (Wildman–Crippen LogP) is 0.747. The van der Waals surface area contributed by atoms with Crippen LogP contribution in [0.4, 0.5) is 0 Å². The average molecular weight is 421 g/mol. The lowest BCUT2D eigenvalue weighted by atomic mass is 9.84. The quantitative estimate of drug-likeness (QED) is 0.680. The Labute approximate surface area is 173 Å². The fraction of sp³-hybridized carbons (Fsp3) is 0.667. The molecule has 1 amide bonds. The van der Waals surface area contributed by atoms with Gasteiger partial charge < -0.3 is 10.6 Å². The molecule has 1 aromatic carbocycles. The number of carbonyl (C=O) groups excluding carboxylic acids is 1. The maximum Gasteiger partial charge on any atom is 0.221 e. The number of piperidine rings is 1. The van der Waals surface area contributed by atoms with Crippen LogP contribution in [0.5, 0.6) is 0 Å². The lowest BCUT2D eigenvalue weighted by Crippen LogP contribution is -2.73. The summed E-state index contributed by atoms with van der Waals surface area (Å²) in [5.41, 5.74) is 1.06. The Balaban J connectivity index is 1.31. The van der Waals surface area contributed by atoms with Crippen molar-refractivity contribution in [3.8, 4) is 0 Å². The molecule has 7 nitrogen and oxygen atoms in total. The molecule has 1 saturated carbocycles. The highest BCUT2D eigenvalue weighted by Gasteiger charge is 2.52. The number of nitrogens with zero attached hydrogens (tertiary/aromatic N) is 2. The van der Waals surface area contributed by atoms with Crippen molar-refractivity contribution >= 4 is 15.9 Å². The van der Waals surface area contributed by atoms with Gasteiger partial charge in [0.05, 0.1) is 11.8 Å². The maximum atomic E-state index is 12.1. The number of rotatable bonds is 7. The number of likely N-dealkylation sites (tertiary alicyclic amines) is 1. The van der Waals surface area contributed by atoms with Crippen molar-refractivity contribution in [3.63, 3.8) is 0 Å². The zero-order valence-corrected chi connectivity index (χ0v) is 18.1. The summed E-state index contributed by atoms with van der Waals surface area (Å²) >= 11 is 0. The van der Waals surface area contributed by atoms with Gasteiger partial charge in [0.15, 0.2) is 0 Å². The monoisotopic (exact) mass is 420 g/mol. The van der Waals surface area contributed by atoms with Crippen molar-refractivity contribution in [3.05, 3.63) is 35.9 Å². The molecule has 2 saturated heterocycles. The van der Waals surface area contributed by atoms with Crippen LogP contribution in [0.2, 0.25) is 0 Å². The Morgan fingerprint density at radius 1 is 1.17 bits per heavy atom. The third-order valence-electron chi connectivity index (χ3n) is 6.81. The molecule has 29 heavy (non-hydrogen) atoms. The molecule has 160 valence electrons. The number of amides is 1. The van der Waals surface area contributed by atoms with E-state index in [0.29, 0.717) is 37.5 Å². The predicted molar refractivity (Wildman–Crippen MR) is 113 cm³/mol. The molecule has 1 aromatic rings. The van der Waals surface area contributed by atoms with Gasteiger partial charge in [0.1, 0.15) is 0 Å². The number of sulfonamides is 1. The second-order valence-corrected chi connectivity index (χ2v) is 10.9. The van der Waals surface area contributed by atoms with Crippen molar-refractivity contribution in [1.82, 2.24) is 19.8 Å². The SMILES string of the molecule is CNC(=O)CC1(N2CCC(N[C@@H]3CC3c3ccccc3)CC2)CN(S(C)(=O)=O)C1. The van der Waals surface area contributed by atoms with E-state index < -0.39 is 10.0 Å². The van der Waals surface area contributed by atoms with Crippen LogP contribution >= 0.6 is 0 Å². The zero-order chi connectivity index (χ0) is 20.6. The number of benzene rings is 1. The molecule has 2 aliphatic heterocycles. The van der Waals surface area contributed by atoms with Gasteiger partial charge in [-0.05, 0) is 24.8 Å². The fourth-order valence-corrected chi connectivity index (χ4v) is 5.88. The third-order valence-corrected chi connectivity index (χ3v) is 8.01. The normalized spacial score (nSPS) is 27.9. The first-order valence-corrected chi connectivity index (χ1v) is 12.4. The Bertz CT molecular complexity index is 831. The Hall–Kier alpha value is -1.48. The summed E-state index contributed by atoms with van der Waals surface area (Å²) in [5.74, 6) is 0.603. The van der Waals surface area contributed by atoms with E-state index in [1.54, 1.807) is 7.05 Å². The van der Waals surface area contributed by atoms with E-state index in [9.17, 15) is 13.2 Å². The van der Waals surface area contributed by atoms with Crippen molar-refractivity contribution in [2.75, 3.05) is 39.5 Å². The summed E-state index contributed by atoms with van der Waals surface area (Å²) in [4.78, 5) is 14.4. The molecule has 8 heteroatoms. The van der Waals surface area contributed by atoms with Crippen LogP contribution in [0, 0.1) is 0 Å². The standard InChI is InChI=1S/C21H32N4O3S/c1-22-20(26)13-21(14-25(15-21)29(2,27)28)24-10-8-17(9-11-24)23-19-12-18(19)16-6-4-3-5-7-16/h3-7,17-19,23H,8-15H2,1-2H3,(H,22,26)/t18?,19-/m1/s1. The van der Waals surface area contributed by atoms with Crippen LogP contribution in [0.25, 0.3) is 0 Å². The average Bonchev–Trinajstić information content (AvgIpc) is 3.44. The van der Waals surface area contributed by atoms with Crippen molar-refractivity contribution in [2.24, 2.45) is 0 Å². The fourth-order valence-electron chi connectivity index (χ4n) is 4.93. The number of carbonyl (C=O) groups is 1. The summed E-state index contributed by atoms with van der Waals surface area (Å²) in [6.45, 7) is 2.62. The van der Waals surface area contributed by atoms with E-state index in [1.807, 2.05) is 0 Å². The summed E-state index contributed by atoms with van der Waals surface area (Å²) < 4.78 is 25.2. The highest BCUT2D eigenvalue weighted by atomic mass is 32.2. The van der Waals surface area contributed by atoms with Gasteiger partial charge >= 0.3 is 0 Å². The van der Waals surface area contributed by atoms with E-state index >= 15 is 0 Å². The van der Waals surface area contributed by atoms with E-state index in [2.05, 4.69) is 45.9 Å². The van der Waals surface area contributed by atoms with Gasteiger partial charge in [-0.2, -0.15) is 4.31 Å². The summed E-state index contributed by atoms with van der Waals surface area (Å²) in [6, 6.07) is 11.8. The van der Waals surface area contributed by atoms with Crippen LogP contribution in [-0.4, -0.2) is 80.6 Å². The van der Waals surface area contributed by atoms with Crippen LogP contribution in [0.15, 0.2) is 30.3 Å². The van der Waals surface area contributed by atoms with E-state index in [0.717, 1.165) is 25.9 Å². The van der Waals surface area contributed by atoms with Crippen LogP contribution in [-0.2, 0) is 14.8 Å². The van der Waals surface area contributed by atoms with E-state index in [4.69, 9.17) is 0 Å². The minimum Gasteiger partial charge on any atom is -0.359 e. The minimum atomic E-state index is -3.21. The largest absolute Gasteiger partial charge is 0.359 e.